The van der Waals surface area contributed by atoms with E-state index >= 15 is 0 Å². The first-order valence-corrected chi connectivity index (χ1v) is 21.6. The Hall–Kier alpha value is -2.89. The molecule has 0 radical (unpaired) electrons. The van der Waals surface area contributed by atoms with E-state index in [2.05, 4.69) is 138 Å². The molecule has 0 aliphatic heterocycles. The summed E-state index contributed by atoms with van der Waals surface area (Å²) in [5.41, 5.74) is 15.4. The second-order valence-corrected chi connectivity index (χ2v) is 19.0. The molecule has 230 valence electrons. The molecular formula is C44H50Zr. The Morgan fingerprint density at radius 3 is 1.60 bits per heavy atom. The monoisotopic (exact) mass is 668 g/mol. The molecule has 6 rings (SSSR count). The first-order chi connectivity index (χ1) is 22.1. The Morgan fingerprint density at radius 1 is 0.600 bits per heavy atom. The summed E-state index contributed by atoms with van der Waals surface area (Å²) in [7, 11) is 0. The predicted octanol–water partition coefficient (Wildman–Crippen LogP) is 12.0. The maximum atomic E-state index is 2.75. The molecule has 0 fully saturated rings. The van der Waals surface area contributed by atoms with E-state index in [-0.39, 0.29) is 0 Å². The molecule has 2 aliphatic rings. The summed E-state index contributed by atoms with van der Waals surface area (Å²) in [5.74, 6) is 0.561. The van der Waals surface area contributed by atoms with Gasteiger partial charge in [-0.2, -0.15) is 0 Å². The fraction of sp³-hybridized carbons (Fsp3) is 0.341. The van der Waals surface area contributed by atoms with Crippen molar-refractivity contribution in [1.82, 2.24) is 0 Å². The van der Waals surface area contributed by atoms with Crippen LogP contribution >= 0.6 is 0 Å². The molecule has 0 saturated heterocycles. The van der Waals surface area contributed by atoms with Crippen molar-refractivity contribution < 1.29 is 21.3 Å². The van der Waals surface area contributed by atoms with Crippen LogP contribution in [-0.4, -0.2) is 3.21 Å². The van der Waals surface area contributed by atoms with Crippen LogP contribution in [0.5, 0.6) is 0 Å². The molecule has 45 heavy (non-hydrogen) atoms. The third kappa shape index (κ3) is 6.28. The van der Waals surface area contributed by atoms with Crippen molar-refractivity contribution in [2.45, 2.75) is 89.6 Å². The summed E-state index contributed by atoms with van der Waals surface area (Å²) in [5, 5.41) is 0. The van der Waals surface area contributed by atoms with Gasteiger partial charge in [0.25, 0.3) is 0 Å². The van der Waals surface area contributed by atoms with Crippen LogP contribution in [-0.2, 0) is 34.1 Å². The van der Waals surface area contributed by atoms with Gasteiger partial charge in [0.05, 0.1) is 0 Å². The summed E-state index contributed by atoms with van der Waals surface area (Å²) in [4.78, 5) is 0. The summed E-state index contributed by atoms with van der Waals surface area (Å²) in [6.45, 7) is 11.8. The molecule has 0 spiro atoms. The predicted molar refractivity (Wildman–Crippen MR) is 192 cm³/mol. The second kappa shape index (κ2) is 14.7. The van der Waals surface area contributed by atoms with Gasteiger partial charge in [-0.1, -0.05) is 0 Å². The van der Waals surface area contributed by atoms with Gasteiger partial charge >= 0.3 is 282 Å². The molecule has 1 unspecified atom stereocenters. The van der Waals surface area contributed by atoms with E-state index < -0.39 is 21.3 Å². The van der Waals surface area contributed by atoms with Crippen LogP contribution in [0, 0.1) is 5.92 Å². The van der Waals surface area contributed by atoms with Gasteiger partial charge < -0.3 is 0 Å². The zero-order chi connectivity index (χ0) is 31.3. The molecule has 0 bridgehead atoms. The molecule has 0 aromatic heterocycles. The molecule has 0 amide bonds. The first kappa shape index (κ1) is 32.1. The van der Waals surface area contributed by atoms with Crippen molar-refractivity contribution in [3.63, 3.8) is 0 Å². The van der Waals surface area contributed by atoms with Gasteiger partial charge in [-0.05, 0) is 0 Å². The molecule has 1 atom stereocenters. The fourth-order valence-corrected chi connectivity index (χ4v) is 18.2. The molecule has 2 aliphatic carbocycles. The quantitative estimate of drug-likeness (QED) is 0.141. The molecule has 0 saturated carbocycles. The van der Waals surface area contributed by atoms with E-state index in [4.69, 9.17) is 0 Å². The zero-order valence-corrected chi connectivity index (χ0v) is 30.6. The average Bonchev–Trinajstić information content (AvgIpc) is 3.58. The van der Waals surface area contributed by atoms with Gasteiger partial charge in [-0.25, -0.2) is 0 Å². The second-order valence-electron chi connectivity index (χ2n) is 13.0. The average molecular weight is 670 g/mol. The van der Waals surface area contributed by atoms with Crippen LogP contribution in [0.3, 0.4) is 0 Å². The fourth-order valence-electron chi connectivity index (χ4n) is 8.01. The number of hydrogen-bond acceptors (Lipinski definition) is 0. The Bertz CT molecular complexity index is 1640. The van der Waals surface area contributed by atoms with Crippen molar-refractivity contribution in [3.05, 3.63) is 151 Å². The SMILES string of the molecule is CCCC1=CC(CCC)[C]([Zr](=[C](c2ccccc2)c2ccccc2)[CH]2c3cc(CC)ccc3-c3ccc(CC)cc32)=C1CCC. The topological polar surface area (TPSA) is 0 Å². The van der Waals surface area contributed by atoms with E-state index in [1.807, 2.05) is 3.28 Å². The van der Waals surface area contributed by atoms with Gasteiger partial charge in [-0.3, -0.25) is 0 Å². The Balaban J connectivity index is 1.80. The van der Waals surface area contributed by atoms with E-state index in [1.54, 1.807) is 25.5 Å². The van der Waals surface area contributed by atoms with Crippen LogP contribution in [0.15, 0.2) is 118 Å². The van der Waals surface area contributed by atoms with Gasteiger partial charge in [0.2, 0.25) is 0 Å². The van der Waals surface area contributed by atoms with Crippen LogP contribution in [0.4, 0.5) is 0 Å². The first-order valence-electron chi connectivity index (χ1n) is 17.7. The van der Waals surface area contributed by atoms with Crippen LogP contribution in [0.25, 0.3) is 11.1 Å². The van der Waals surface area contributed by atoms with E-state index in [1.165, 1.54) is 71.9 Å². The number of hydrogen-bond donors (Lipinski definition) is 0. The summed E-state index contributed by atoms with van der Waals surface area (Å²) >= 11 is -2.85. The van der Waals surface area contributed by atoms with Gasteiger partial charge in [0, 0.05) is 0 Å². The third-order valence-electron chi connectivity index (χ3n) is 10.0. The Labute approximate surface area is 280 Å². The number of rotatable bonds is 12. The van der Waals surface area contributed by atoms with E-state index in [0.717, 1.165) is 12.8 Å². The Kier molecular flexibility index (Phi) is 10.5. The molecular weight excluding hydrogens is 620 g/mol. The maximum absolute atomic E-state index is 2.85. The standard InChI is InChI=1S/C17H17.C14H23.C13H10.Zr/c1-3-12-5-7-16-14(9-12)11-15-10-13(4-2)6-8-17(15)16;1-4-7-12-10-13(8-5-2)14(11-12)9-6-3;1-3-7-12(8-4-1)11-13-9-5-2-6-10-13;/h5-11H,3-4H2,1-2H3;10,12H,4-9H2,1-3H3;1-10H;. The minimum atomic E-state index is -2.85. The number of aryl methyl sites for hydroxylation is 2. The molecule has 0 heterocycles. The summed E-state index contributed by atoms with van der Waals surface area (Å²) < 4.78 is 4.04. The normalized spacial score (nSPS) is 15.7. The van der Waals surface area contributed by atoms with Crippen molar-refractivity contribution in [2.24, 2.45) is 5.92 Å². The van der Waals surface area contributed by atoms with E-state index in [0.29, 0.717) is 9.54 Å². The Morgan fingerprint density at radius 2 is 1.13 bits per heavy atom. The minimum absolute atomic E-state index is 0.460. The summed E-state index contributed by atoms with van der Waals surface area (Å²) in [6.07, 6.45) is 12.2. The molecule has 0 nitrogen and oxygen atoms in total. The number of allylic oxidation sites excluding steroid dienone is 4. The van der Waals surface area contributed by atoms with Crippen molar-refractivity contribution >= 4 is 3.21 Å². The van der Waals surface area contributed by atoms with Crippen LogP contribution < -0.4 is 0 Å². The van der Waals surface area contributed by atoms with E-state index in [9.17, 15) is 0 Å². The van der Waals surface area contributed by atoms with Gasteiger partial charge in [-0.15, -0.1) is 0 Å². The van der Waals surface area contributed by atoms with Crippen molar-refractivity contribution in [2.75, 3.05) is 0 Å². The van der Waals surface area contributed by atoms with Crippen molar-refractivity contribution in [3.8, 4) is 11.1 Å². The summed E-state index contributed by atoms with van der Waals surface area (Å²) in [6, 6.07) is 38.0. The van der Waals surface area contributed by atoms with Crippen LogP contribution in [0.1, 0.15) is 110 Å². The molecule has 1 heteroatoms. The van der Waals surface area contributed by atoms with Crippen molar-refractivity contribution in [1.29, 1.82) is 0 Å². The molecule has 4 aromatic carbocycles. The number of benzene rings is 4. The molecule has 4 aromatic rings. The molecule has 0 N–H and O–H groups in total. The van der Waals surface area contributed by atoms with Gasteiger partial charge in [0.1, 0.15) is 0 Å². The third-order valence-corrected chi connectivity index (χ3v) is 18.8. The van der Waals surface area contributed by atoms with Gasteiger partial charge in [0.15, 0.2) is 0 Å². The van der Waals surface area contributed by atoms with Crippen LogP contribution in [0.2, 0.25) is 0 Å². The zero-order valence-electron chi connectivity index (χ0n) is 28.1. The number of fused-ring (bicyclic) bond motifs is 3.